The van der Waals surface area contributed by atoms with E-state index in [2.05, 4.69) is 21.2 Å². The first-order valence-electron chi connectivity index (χ1n) is 15.0. The fraction of sp³-hybridized carbons (Fsp3) is 0.424. The summed E-state index contributed by atoms with van der Waals surface area (Å²) in [5, 5.41) is 4.18. The van der Waals surface area contributed by atoms with Crippen molar-refractivity contribution in [1.29, 1.82) is 0 Å². The van der Waals surface area contributed by atoms with Crippen LogP contribution in [0, 0.1) is 23.7 Å². The number of hydrazine groups is 1. The van der Waals surface area contributed by atoms with Crippen molar-refractivity contribution in [3.8, 4) is 0 Å². The van der Waals surface area contributed by atoms with Crippen molar-refractivity contribution in [3.05, 3.63) is 90.5 Å². The van der Waals surface area contributed by atoms with E-state index >= 15 is 0 Å². The van der Waals surface area contributed by atoms with Gasteiger partial charge in [0.1, 0.15) is 6.54 Å². The number of amides is 4. The van der Waals surface area contributed by atoms with E-state index in [4.69, 9.17) is 4.84 Å². The summed E-state index contributed by atoms with van der Waals surface area (Å²) >= 11 is 0. The number of hydrogen-bond donors (Lipinski definition) is 3. The second-order valence-corrected chi connectivity index (χ2v) is 11.6. The highest BCUT2D eigenvalue weighted by atomic mass is 16.6. The molecule has 3 aromatic rings. The van der Waals surface area contributed by atoms with Crippen LogP contribution in [0.15, 0.2) is 79.4 Å². The molecule has 2 aromatic carbocycles. The summed E-state index contributed by atoms with van der Waals surface area (Å²) < 4.78 is 1.63. The van der Waals surface area contributed by atoms with Crippen molar-refractivity contribution in [2.45, 2.75) is 53.7 Å². The number of nitrogens with one attached hydrogen (secondary N) is 3. The van der Waals surface area contributed by atoms with E-state index in [9.17, 15) is 19.2 Å². The van der Waals surface area contributed by atoms with Crippen LogP contribution in [0.2, 0.25) is 0 Å². The van der Waals surface area contributed by atoms with Crippen LogP contribution >= 0.6 is 0 Å². The first kappa shape index (κ1) is 34.0. The lowest BCUT2D eigenvalue weighted by molar-refractivity contribution is -0.150. The Hall–Kier alpha value is -4.51. The Morgan fingerprint density at radius 1 is 0.886 bits per heavy atom. The summed E-state index contributed by atoms with van der Waals surface area (Å²) in [4.78, 5) is 62.9. The normalized spacial score (nSPS) is 12.4. The predicted octanol–water partition coefficient (Wildman–Crippen LogP) is 3.75. The number of aromatic nitrogens is 2. The maximum absolute atomic E-state index is 13.9. The Kier molecular flexibility index (Phi) is 13.6. The minimum Gasteiger partial charge on any atom is -0.352 e. The zero-order chi connectivity index (χ0) is 31.9. The van der Waals surface area contributed by atoms with Crippen LogP contribution in [0.5, 0.6) is 0 Å². The molecule has 4 amide bonds. The van der Waals surface area contributed by atoms with Crippen LogP contribution in [-0.2, 0) is 32.4 Å². The molecule has 0 radical (unpaired) electrons. The van der Waals surface area contributed by atoms with Crippen molar-refractivity contribution in [1.82, 2.24) is 30.8 Å². The van der Waals surface area contributed by atoms with Crippen LogP contribution in [0.4, 0.5) is 0 Å². The van der Waals surface area contributed by atoms with Crippen LogP contribution < -0.4 is 16.2 Å². The molecule has 0 unspecified atom stereocenters. The third kappa shape index (κ3) is 11.3. The smallest absolute Gasteiger partial charge is 0.260 e. The van der Waals surface area contributed by atoms with Crippen LogP contribution in [0.3, 0.4) is 0 Å². The van der Waals surface area contributed by atoms with Crippen molar-refractivity contribution in [3.63, 3.8) is 0 Å². The van der Waals surface area contributed by atoms with Gasteiger partial charge in [-0.05, 0) is 42.4 Å². The van der Waals surface area contributed by atoms with Gasteiger partial charge in [0.15, 0.2) is 0 Å². The third-order valence-corrected chi connectivity index (χ3v) is 6.89. The van der Waals surface area contributed by atoms with Crippen LogP contribution in [0.25, 0.3) is 0 Å². The summed E-state index contributed by atoms with van der Waals surface area (Å²) in [6, 6.07) is 18.2. The van der Waals surface area contributed by atoms with E-state index in [0.717, 1.165) is 5.56 Å². The highest BCUT2D eigenvalue weighted by molar-refractivity contribution is 5.94. The van der Waals surface area contributed by atoms with Crippen molar-refractivity contribution < 1.29 is 24.0 Å². The molecule has 3 N–H and O–H groups in total. The van der Waals surface area contributed by atoms with Crippen molar-refractivity contribution >= 4 is 23.6 Å². The van der Waals surface area contributed by atoms with Crippen molar-refractivity contribution in [2.75, 3.05) is 13.1 Å². The zero-order valence-corrected chi connectivity index (χ0v) is 25.9. The molecular formula is C33H44N6O5. The molecule has 11 nitrogen and oxygen atoms in total. The average Bonchev–Trinajstić information content (AvgIpc) is 3.51. The monoisotopic (exact) mass is 604 g/mol. The van der Waals surface area contributed by atoms with Gasteiger partial charge in [0, 0.05) is 31.0 Å². The quantitative estimate of drug-likeness (QED) is 0.213. The van der Waals surface area contributed by atoms with E-state index in [-0.39, 0.29) is 56.3 Å². The Bertz CT molecular complexity index is 1310. The molecule has 0 aliphatic rings. The van der Waals surface area contributed by atoms with Gasteiger partial charge in [-0.1, -0.05) is 76.2 Å². The van der Waals surface area contributed by atoms with E-state index in [1.54, 1.807) is 41.2 Å². The number of hydrogen-bond acceptors (Lipinski definition) is 6. The SMILES string of the molecule is CC(C)C[C@@H](C(=O)NN(CC(C)C)C(=O)Cn1ccnc1)[C@H](CCNC(=O)c1ccccc1)C(=O)NOCc1ccccc1. The van der Waals surface area contributed by atoms with Gasteiger partial charge in [-0.15, -0.1) is 0 Å². The Morgan fingerprint density at radius 2 is 1.57 bits per heavy atom. The van der Waals surface area contributed by atoms with Gasteiger partial charge in [0.25, 0.3) is 11.8 Å². The molecule has 0 spiro atoms. The number of carbonyl (C=O) groups excluding carboxylic acids is 4. The zero-order valence-electron chi connectivity index (χ0n) is 25.9. The second kappa shape index (κ2) is 17.6. The molecule has 3 rings (SSSR count). The first-order chi connectivity index (χ1) is 21.1. The standard InChI is InChI=1S/C33H44N6O5/c1-24(2)19-29(32(42)36-39(20-25(3)4)30(40)21-38-18-17-34-23-38)28(15-16-35-31(41)27-13-9-6-10-14-27)33(43)37-44-22-26-11-7-5-8-12-26/h5-14,17-18,23-25,28-29H,15-16,19-22H2,1-4H3,(H,35,41)(H,36,42)(H,37,43)/t28-,29+/m0/s1. The Labute approximate surface area is 259 Å². The minimum atomic E-state index is -0.853. The number of benzene rings is 2. The summed E-state index contributed by atoms with van der Waals surface area (Å²) in [6.45, 7) is 8.43. The highest BCUT2D eigenvalue weighted by Gasteiger charge is 2.36. The summed E-state index contributed by atoms with van der Waals surface area (Å²) in [5.41, 5.74) is 6.71. The maximum atomic E-state index is 13.9. The van der Waals surface area contributed by atoms with Crippen LogP contribution in [0.1, 0.15) is 56.5 Å². The predicted molar refractivity (Wildman–Crippen MR) is 166 cm³/mol. The number of carbonyl (C=O) groups is 4. The lowest BCUT2D eigenvalue weighted by atomic mass is 9.82. The molecule has 44 heavy (non-hydrogen) atoms. The molecule has 0 bridgehead atoms. The molecule has 0 saturated carbocycles. The molecule has 0 fully saturated rings. The lowest BCUT2D eigenvalue weighted by Crippen LogP contribution is -2.53. The summed E-state index contributed by atoms with van der Waals surface area (Å²) in [5.74, 6) is -3.03. The molecule has 1 heterocycles. The number of imidazole rings is 1. The second-order valence-electron chi connectivity index (χ2n) is 11.6. The highest BCUT2D eigenvalue weighted by Crippen LogP contribution is 2.25. The van der Waals surface area contributed by atoms with Gasteiger partial charge < -0.3 is 9.88 Å². The largest absolute Gasteiger partial charge is 0.352 e. The van der Waals surface area contributed by atoms with Gasteiger partial charge in [-0.3, -0.25) is 34.5 Å². The van der Waals surface area contributed by atoms with Crippen LogP contribution in [-0.4, -0.2) is 51.3 Å². The third-order valence-electron chi connectivity index (χ3n) is 6.89. The molecule has 0 aliphatic heterocycles. The number of rotatable bonds is 16. The van der Waals surface area contributed by atoms with Crippen molar-refractivity contribution in [2.24, 2.45) is 23.7 Å². The van der Waals surface area contributed by atoms with Gasteiger partial charge >= 0.3 is 0 Å². The summed E-state index contributed by atoms with van der Waals surface area (Å²) in [7, 11) is 0. The van der Waals surface area contributed by atoms with E-state index < -0.39 is 23.7 Å². The average molecular weight is 605 g/mol. The van der Waals surface area contributed by atoms with E-state index in [1.807, 2.05) is 64.1 Å². The lowest BCUT2D eigenvalue weighted by Gasteiger charge is -2.31. The topological polar surface area (TPSA) is 135 Å². The Morgan fingerprint density at radius 3 is 2.18 bits per heavy atom. The van der Waals surface area contributed by atoms with E-state index in [1.165, 1.54) is 11.3 Å². The van der Waals surface area contributed by atoms with Gasteiger partial charge in [0.2, 0.25) is 11.8 Å². The van der Waals surface area contributed by atoms with Gasteiger partial charge in [-0.25, -0.2) is 10.5 Å². The molecule has 2 atom stereocenters. The molecule has 11 heteroatoms. The molecule has 0 aliphatic carbocycles. The fourth-order valence-electron chi connectivity index (χ4n) is 4.76. The molecule has 236 valence electrons. The first-order valence-corrected chi connectivity index (χ1v) is 15.0. The number of nitrogens with zero attached hydrogens (tertiary/aromatic N) is 3. The number of hydroxylamine groups is 1. The molecule has 1 aromatic heterocycles. The Balaban J connectivity index is 1.78. The van der Waals surface area contributed by atoms with Gasteiger partial charge in [-0.2, -0.15) is 0 Å². The molecule has 0 saturated heterocycles. The maximum Gasteiger partial charge on any atom is 0.260 e. The fourth-order valence-corrected chi connectivity index (χ4v) is 4.76. The van der Waals surface area contributed by atoms with Gasteiger partial charge in [0.05, 0.1) is 24.8 Å². The summed E-state index contributed by atoms with van der Waals surface area (Å²) in [6.07, 6.45) is 5.34. The van der Waals surface area contributed by atoms with E-state index in [0.29, 0.717) is 12.0 Å². The minimum absolute atomic E-state index is 0.00457. The molecular weight excluding hydrogens is 560 g/mol.